The predicted octanol–water partition coefficient (Wildman–Crippen LogP) is 3.18. The Kier molecular flexibility index (Phi) is 3.51. The number of benzene rings is 1. The first kappa shape index (κ1) is 10.8. The molecule has 0 bridgehead atoms. The van der Waals surface area contributed by atoms with Crippen LogP contribution in [0.4, 0.5) is 0 Å². The topological polar surface area (TPSA) is 33.1 Å². The van der Waals surface area contributed by atoms with E-state index < -0.39 is 6.10 Å². The Morgan fingerprint density at radius 1 is 1.47 bits per heavy atom. The van der Waals surface area contributed by atoms with Gasteiger partial charge in [-0.25, -0.2) is 0 Å². The van der Waals surface area contributed by atoms with E-state index in [-0.39, 0.29) is 0 Å². The molecule has 0 amide bonds. The Labute approximate surface area is 101 Å². The van der Waals surface area contributed by atoms with Crippen molar-refractivity contribution in [3.63, 3.8) is 0 Å². The number of aliphatic hydroxyl groups is 1. The minimum atomic E-state index is -0.456. The lowest BCUT2D eigenvalue weighted by Gasteiger charge is -2.09. The van der Waals surface area contributed by atoms with Gasteiger partial charge in [-0.1, -0.05) is 28.1 Å². The lowest BCUT2D eigenvalue weighted by atomic mass is 10.1. The minimum Gasteiger partial charge on any atom is -0.388 e. The molecule has 1 aromatic heterocycles. The van der Waals surface area contributed by atoms with E-state index in [4.69, 9.17) is 0 Å². The normalized spacial score (nSPS) is 12.7. The molecule has 1 heterocycles. The SMILES string of the molecule is OC(Cc1cncs1)c1cccc(Br)c1. The molecule has 78 valence electrons. The summed E-state index contributed by atoms with van der Waals surface area (Å²) in [5.41, 5.74) is 2.71. The van der Waals surface area contributed by atoms with Crippen LogP contribution in [0.3, 0.4) is 0 Å². The van der Waals surface area contributed by atoms with Crippen LogP contribution in [-0.2, 0) is 6.42 Å². The van der Waals surface area contributed by atoms with Gasteiger partial charge in [-0.2, -0.15) is 0 Å². The molecule has 2 rings (SSSR count). The summed E-state index contributed by atoms with van der Waals surface area (Å²) >= 11 is 4.95. The van der Waals surface area contributed by atoms with Gasteiger partial charge >= 0.3 is 0 Å². The summed E-state index contributed by atoms with van der Waals surface area (Å²) in [7, 11) is 0. The Bertz CT molecular complexity index is 430. The lowest BCUT2D eigenvalue weighted by molar-refractivity contribution is 0.179. The van der Waals surface area contributed by atoms with Crippen molar-refractivity contribution in [2.75, 3.05) is 0 Å². The van der Waals surface area contributed by atoms with Gasteiger partial charge in [0.1, 0.15) is 0 Å². The van der Waals surface area contributed by atoms with Crippen molar-refractivity contribution in [2.24, 2.45) is 0 Å². The second kappa shape index (κ2) is 4.88. The van der Waals surface area contributed by atoms with Crippen LogP contribution in [0.15, 0.2) is 40.4 Å². The molecule has 0 aliphatic carbocycles. The molecule has 0 aliphatic heterocycles. The average molecular weight is 284 g/mol. The van der Waals surface area contributed by atoms with E-state index in [1.54, 1.807) is 23.0 Å². The van der Waals surface area contributed by atoms with Gasteiger partial charge in [0, 0.05) is 22.0 Å². The maximum Gasteiger partial charge on any atom is 0.0839 e. The largest absolute Gasteiger partial charge is 0.388 e. The van der Waals surface area contributed by atoms with Gasteiger partial charge in [0.2, 0.25) is 0 Å². The fourth-order valence-corrected chi connectivity index (χ4v) is 2.42. The minimum absolute atomic E-state index is 0.456. The summed E-state index contributed by atoms with van der Waals surface area (Å²) in [6, 6.07) is 7.74. The second-order valence-corrected chi connectivity index (χ2v) is 5.13. The van der Waals surface area contributed by atoms with Crippen LogP contribution in [-0.4, -0.2) is 10.1 Å². The van der Waals surface area contributed by atoms with E-state index in [9.17, 15) is 5.11 Å². The summed E-state index contributed by atoms with van der Waals surface area (Å²) in [5.74, 6) is 0. The van der Waals surface area contributed by atoms with Gasteiger partial charge in [-0.3, -0.25) is 4.98 Å². The fourth-order valence-electron chi connectivity index (χ4n) is 1.37. The van der Waals surface area contributed by atoms with Crippen LogP contribution >= 0.6 is 27.3 Å². The Morgan fingerprint density at radius 3 is 3.00 bits per heavy atom. The lowest BCUT2D eigenvalue weighted by Crippen LogP contribution is -2.00. The predicted molar refractivity (Wildman–Crippen MR) is 64.9 cm³/mol. The van der Waals surface area contributed by atoms with Crippen molar-refractivity contribution in [1.82, 2.24) is 4.98 Å². The average Bonchev–Trinajstić information content (AvgIpc) is 2.70. The standard InChI is InChI=1S/C11H10BrNOS/c12-9-3-1-2-8(4-9)11(14)5-10-6-13-7-15-10/h1-4,6-7,11,14H,5H2. The number of aromatic nitrogens is 1. The van der Waals surface area contributed by atoms with Gasteiger partial charge in [0.15, 0.2) is 0 Å². The molecule has 1 unspecified atom stereocenters. The highest BCUT2D eigenvalue weighted by molar-refractivity contribution is 9.10. The number of hydrogen-bond acceptors (Lipinski definition) is 3. The first-order valence-electron chi connectivity index (χ1n) is 4.56. The molecule has 4 heteroatoms. The number of thiazole rings is 1. The zero-order chi connectivity index (χ0) is 10.7. The summed E-state index contributed by atoms with van der Waals surface area (Å²) < 4.78 is 0.989. The third-order valence-corrected chi connectivity index (χ3v) is 3.41. The van der Waals surface area contributed by atoms with Gasteiger partial charge in [0.05, 0.1) is 11.6 Å². The van der Waals surface area contributed by atoms with E-state index in [2.05, 4.69) is 20.9 Å². The van der Waals surface area contributed by atoms with Crippen molar-refractivity contribution >= 4 is 27.3 Å². The Morgan fingerprint density at radius 2 is 2.33 bits per heavy atom. The van der Waals surface area contributed by atoms with Crippen molar-refractivity contribution in [2.45, 2.75) is 12.5 Å². The van der Waals surface area contributed by atoms with Crippen molar-refractivity contribution < 1.29 is 5.11 Å². The molecule has 2 aromatic rings. The molecular weight excluding hydrogens is 274 g/mol. The molecular formula is C11H10BrNOS. The van der Waals surface area contributed by atoms with E-state index in [1.807, 2.05) is 24.3 Å². The maximum absolute atomic E-state index is 9.97. The molecule has 2 nitrogen and oxygen atoms in total. The molecule has 1 N–H and O–H groups in total. The molecule has 0 saturated heterocycles. The number of halogens is 1. The second-order valence-electron chi connectivity index (χ2n) is 3.24. The van der Waals surface area contributed by atoms with E-state index in [1.165, 1.54) is 0 Å². The van der Waals surface area contributed by atoms with Gasteiger partial charge in [-0.15, -0.1) is 11.3 Å². The number of rotatable bonds is 3. The van der Waals surface area contributed by atoms with Crippen LogP contribution in [0.5, 0.6) is 0 Å². The van der Waals surface area contributed by atoms with Crippen molar-refractivity contribution in [3.8, 4) is 0 Å². The van der Waals surface area contributed by atoms with E-state index >= 15 is 0 Å². The molecule has 0 aliphatic rings. The highest BCUT2D eigenvalue weighted by Gasteiger charge is 2.09. The van der Waals surface area contributed by atoms with Crippen molar-refractivity contribution in [1.29, 1.82) is 0 Å². The summed E-state index contributed by atoms with van der Waals surface area (Å²) in [5, 5.41) is 9.97. The molecule has 0 spiro atoms. The van der Waals surface area contributed by atoms with Gasteiger partial charge < -0.3 is 5.11 Å². The monoisotopic (exact) mass is 283 g/mol. The van der Waals surface area contributed by atoms with E-state index in [0.717, 1.165) is 14.9 Å². The van der Waals surface area contributed by atoms with Crippen LogP contribution in [0.2, 0.25) is 0 Å². The third-order valence-electron chi connectivity index (χ3n) is 2.11. The summed E-state index contributed by atoms with van der Waals surface area (Å²) in [4.78, 5) is 5.08. The Balaban J connectivity index is 2.11. The van der Waals surface area contributed by atoms with E-state index in [0.29, 0.717) is 6.42 Å². The van der Waals surface area contributed by atoms with Gasteiger partial charge in [-0.05, 0) is 17.7 Å². The smallest absolute Gasteiger partial charge is 0.0839 e. The molecule has 1 atom stereocenters. The molecule has 0 radical (unpaired) electrons. The zero-order valence-electron chi connectivity index (χ0n) is 7.93. The third kappa shape index (κ3) is 2.87. The fraction of sp³-hybridized carbons (Fsp3) is 0.182. The molecule has 0 fully saturated rings. The summed E-state index contributed by atoms with van der Waals surface area (Å²) in [6.07, 6.45) is 1.97. The first-order chi connectivity index (χ1) is 7.25. The highest BCUT2D eigenvalue weighted by Crippen LogP contribution is 2.22. The van der Waals surface area contributed by atoms with Crippen LogP contribution in [0.25, 0.3) is 0 Å². The first-order valence-corrected chi connectivity index (χ1v) is 6.24. The van der Waals surface area contributed by atoms with Crippen LogP contribution < -0.4 is 0 Å². The highest BCUT2D eigenvalue weighted by atomic mass is 79.9. The zero-order valence-corrected chi connectivity index (χ0v) is 10.3. The Hall–Kier alpha value is -0.710. The molecule has 1 aromatic carbocycles. The molecule has 15 heavy (non-hydrogen) atoms. The number of hydrogen-bond donors (Lipinski definition) is 1. The quantitative estimate of drug-likeness (QED) is 0.939. The van der Waals surface area contributed by atoms with Crippen LogP contribution in [0, 0.1) is 0 Å². The summed E-state index contributed by atoms with van der Waals surface area (Å²) in [6.45, 7) is 0. The van der Waals surface area contributed by atoms with Crippen molar-refractivity contribution in [3.05, 3.63) is 50.9 Å². The number of nitrogens with zero attached hydrogens (tertiary/aromatic N) is 1. The number of aliphatic hydroxyl groups excluding tert-OH is 1. The van der Waals surface area contributed by atoms with Crippen LogP contribution in [0.1, 0.15) is 16.5 Å². The maximum atomic E-state index is 9.97. The molecule has 0 saturated carbocycles. The van der Waals surface area contributed by atoms with Gasteiger partial charge in [0.25, 0.3) is 0 Å².